The molecule has 0 bridgehead atoms. The van der Waals surface area contributed by atoms with Crippen LogP contribution in [-0.4, -0.2) is 10.1 Å². The number of hydrogen-bond acceptors (Lipinski definition) is 2. The summed E-state index contributed by atoms with van der Waals surface area (Å²) in [6.45, 7) is 0. The summed E-state index contributed by atoms with van der Waals surface area (Å²) < 4.78 is 15.2. The summed E-state index contributed by atoms with van der Waals surface area (Å²) in [7, 11) is 0. The Hall–Kier alpha value is 0.806. The second kappa shape index (κ2) is 21.3. The van der Waals surface area contributed by atoms with Crippen LogP contribution >= 0.6 is 0 Å². The predicted octanol–water partition coefficient (Wildman–Crippen LogP) is -2.57. The summed E-state index contributed by atoms with van der Waals surface area (Å²) in [6, 6.07) is 0. The van der Waals surface area contributed by atoms with E-state index >= 15 is 0 Å². The average molecular weight is 277 g/mol. The normalized spacial score (nSPS) is 3.60. The SMILES string of the molecule is O.[O-][Cl+]O.[Os]. The van der Waals surface area contributed by atoms with Gasteiger partial charge in [-0.15, -0.1) is 4.66 Å². The van der Waals surface area contributed by atoms with E-state index in [-0.39, 0.29) is 36.6 Å². The molecule has 0 aliphatic heterocycles. The van der Waals surface area contributed by atoms with Crippen molar-refractivity contribution in [2.75, 3.05) is 0 Å². The topological polar surface area (TPSA) is 74.8 Å². The fourth-order valence-corrected chi connectivity index (χ4v) is 0. The van der Waals surface area contributed by atoms with Crippen molar-refractivity contribution in [2.45, 2.75) is 0 Å². The van der Waals surface area contributed by atoms with Crippen LogP contribution in [0.1, 0.15) is 0 Å². The van der Waals surface area contributed by atoms with Crippen LogP contribution in [0.2, 0.25) is 0 Å². The smallest absolute Gasteiger partial charge is 0.327 e. The van der Waals surface area contributed by atoms with E-state index in [0.717, 1.165) is 0 Å². The maximum absolute atomic E-state index is 8.35. The maximum Gasteiger partial charge on any atom is 0.327 e. The van der Waals surface area contributed by atoms with E-state index in [0.29, 0.717) is 0 Å². The van der Waals surface area contributed by atoms with Gasteiger partial charge in [0.25, 0.3) is 0 Å². The molecule has 0 aromatic carbocycles. The molecular formula is H3ClO3Os. The van der Waals surface area contributed by atoms with Crippen molar-refractivity contribution in [1.29, 1.82) is 0 Å². The molecule has 0 radical (unpaired) electrons. The van der Waals surface area contributed by atoms with Gasteiger partial charge in [0, 0.05) is 19.8 Å². The van der Waals surface area contributed by atoms with Crippen molar-refractivity contribution in [3.8, 4) is 0 Å². The average Bonchev–Trinajstić information content (AvgIpc) is 0.918. The molecule has 5 heavy (non-hydrogen) atoms. The molecule has 3 nitrogen and oxygen atoms in total. The molecule has 0 aromatic heterocycles. The van der Waals surface area contributed by atoms with Crippen LogP contribution < -0.4 is 4.66 Å². The van der Waals surface area contributed by atoms with E-state index in [4.69, 9.17) is 9.32 Å². The Labute approximate surface area is 46.4 Å². The van der Waals surface area contributed by atoms with Gasteiger partial charge in [-0.3, -0.25) is 0 Å². The Morgan fingerprint density at radius 3 is 1.60 bits per heavy atom. The fraction of sp³-hybridized carbons (Fsp3) is 0. The zero-order chi connectivity index (χ0) is 2.71. The molecule has 0 fully saturated rings. The molecule has 0 atom stereocenters. The van der Waals surface area contributed by atoms with Gasteiger partial charge in [-0.2, -0.15) is 0 Å². The Morgan fingerprint density at radius 2 is 1.60 bits per heavy atom. The van der Waals surface area contributed by atoms with Crippen LogP contribution in [0.15, 0.2) is 0 Å². The molecule has 0 aliphatic rings. The molecular weight excluding hydrogens is 274 g/mol. The van der Waals surface area contributed by atoms with Crippen LogP contribution in [0.3, 0.4) is 0 Å². The van der Waals surface area contributed by atoms with Crippen LogP contribution in [-0.2, 0) is 19.8 Å². The number of rotatable bonds is 0. The van der Waals surface area contributed by atoms with E-state index in [2.05, 4.69) is 0 Å². The molecule has 0 amide bonds. The Balaban J connectivity index is -0.0000000200. The Kier molecular flexibility index (Phi) is 72.7. The first-order valence-corrected chi connectivity index (χ1v) is 0.970. The van der Waals surface area contributed by atoms with Crippen molar-refractivity contribution in [1.82, 2.24) is 0 Å². The summed E-state index contributed by atoms with van der Waals surface area (Å²) in [4.78, 5) is 0. The second-order valence-corrected chi connectivity index (χ2v) is 0.207. The summed E-state index contributed by atoms with van der Waals surface area (Å²) in [5, 5.41) is 0. The molecule has 0 unspecified atom stereocenters. The zero-order valence-electron chi connectivity index (χ0n) is 2.09. The van der Waals surface area contributed by atoms with Gasteiger partial charge in [0.15, 0.2) is 0 Å². The van der Waals surface area contributed by atoms with Gasteiger partial charge in [0.2, 0.25) is 0 Å². The molecule has 3 N–H and O–H groups in total. The first kappa shape index (κ1) is 17.0. The van der Waals surface area contributed by atoms with Crippen molar-refractivity contribution >= 4 is 0 Å². The largest absolute Gasteiger partial charge is 0.506 e. The van der Waals surface area contributed by atoms with Crippen molar-refractivity contribution in [2.24, 2.45) is 0 Å². The Bertz CT molecular complexity index is 6.85. The standard InChI is InChI=1S/ClHO2.H2O.Os/c2-1-3;;/h2H;1H2;. The van der Waals surface area contributed by atoms with Crippen LogP contribution in [0.5, 0.6) is 0 Å². The first-order chi connectivity index (χ1) is 1.41. The summed E-state index contributed by atoms with van der Waals surface area (Å²) in [5.41, 5.74) is 0. The van der Waals surface area contributed by atoms with Gasteiger partial charge in [-0.25, -0.2) is 0 Å². The van der Waals surface area contributed by atoms with Crippen LogP contribution in [0.25, 0.3) is 0 Å². The number of halogens is 1. The molecule has 0 heterocycles. The van der Waals surface area contributed by atoms with Gasteiger partial charge in [-0.05, 0) is 0 Å². The molecule has 0 aliphatic carbocycles. The van der Waals surface area contributed by atoms with E-state index in [1.54, 1.807) is 0 Å². The summed E-state index contributed by atoms with van der Waals surface area (Å²) >= 11 is -0.167. The molecule has 0 rings (SSSR count). The van der Waals surface area contributed by atoms with Gasteiger partial charge >= 0.3 is 11.3 Å². The molecule has 0 aromatic rings. The molecule has 36 valence electrons. The zero-order valence-corrected chi connectivity index (χ0v) is 5.38. The van der Waals surface area contributed by atoms with Crippen molar-refractivity contribution in [3.05, 3.63) is 0 Å². The molecule has 5 heteroatoms. The van der Waals surface area contributed by atoms with Gasteiger partial charge in [0.1, 0.15) is 0 Å². The van der Waals surface area contributed by atoms with Gasteiger partial charge < -0.3 is 10.1 Å². The monoisotopic (exact) mass is 278 g/mol. The second-order valence-electron chi connectivity index (χ2n) is 0.0690. The molecule has 0 saturated heterocycles. The Morgan fingerprint density at radius 1 is 1.60 bits per heavy atom. The summed E-state index contributed by atoms with van der Waals surface area (Å²) in [5.74, 6) is 0. The van der Waals surface area contributed by atoms with E-state index in [1.165, 1.54) is 0 Å². The third kappa shape index (κ3) is 58.2. The van der Waals surface area contributed by atoms with Crippen LogP contribution in [0.4, 0.5) is 0 Å². The van der Waals surface area contributed by atoms with Crippen LogP contribution in [0, 0.1) is 11.3 Å². The van der Waals surface area contributed by atoms with Crippen molar-refractivity contribution in [3.63, 3.8) is 0 Å². The quantitative estimate of drug-likeness (QED) is 0.528. The minimum atomic E-state index is -0.167. The van der Waals surface area contributed by atoms with E-state index < -0.39 is 0 Å². The van der Waals surface area contributed by atoms with E-state index in [9.17, 15) is 0 Å². The summed E-state index contributed by atoms with van der Waals surface area (Å²) in [6.07, 6.45) is 0. The minimum absolute atomic E-state index is 0. The third-order valence-electron chi connectivity index (χ3n) is 0. The van der Waals surface area contributed by atoms with Gasteiger partial charge in [0.05, 0.1) is 0 Å². The molecule has 0 spiro atoms. The predicted molar refractivity (Wildman–Crippen MR) is 5.83 cm³/mol. The number of hydrogen-bond donors (Lipinski definition) is 1. The first-order valence-electron chi connectivity index (χ1n) is 0.323. The molecule has 0 saturated carbocycles. The minimum Gasteiger partial charge on any atom is -0.506 e. The fourth-order valence-electron chi connectivity index (χ4n) is 0. The van der Waals surface area contributed by atoms with E-state index in [1.807, 2.05) is 0 Å². The maximum atomic E-state index is 8.35. The third-order valence-corrected chi connectivity index (χ3v) is 0. The van der Waals surface area contributed by atoms with Crippen molar-refractivity contribution < 1.29 is 45.9 Å². The van der Waals surface area contributed by atoms with Gasteiger partial charge in [-0.1, -0.05) is 0 Å².